The van der Waals surface area contributed by atoms with Crippen molar-refractivity contribution in [2.75, 3.05) is 0 Å². The third kappa shape index (κ3) is 1400. The maximum atomic E-state index is 8.56. The first-order valence-electron chi connectivity index (χ1n) is 4.15. The van der Waals surface area contributed by atoms with Crippen LogP contribution in [0.3, 0.4) is 0 Å². The average Bonchev–Trinajstić information content (AvgIpc) is 2.08. The molecule has 0 aromatic heterocycles. The molecule has 0 amide bonds. The number of carboxylic acid groups (broad SMARTS) is 8. The van der Waals surface area contributed by atoms with Crippen LogP contribution in [0.2, 0.25) is 0 Å². The van der Waals surface area contributed by atoms with E-state index in [0.29, 0.717) is 0 Å². The van der Waals surface area contributed by atoms with Gasteiger partial charge in [-0.3, -0.25) is 0 Å². The van der Waals surface area contributed by atoms with Crippen LogP contribution < -0.4 is 0 Å². The van der Waals surface area contributed by atoms with Crippen LogP contribution in [0.15, 0.2) is 0 Å². The monoisotopic (exact) mass is 380 g/mol. The predicted octanol–water partition coefficient (Wildman–Crippen LogP) is -3.86. The summed E-state index contributed by atoms with van der Waals surface area (Å²) < 4.78 is 0. The van der Waals surface area contributed by atoms with Gasteiger partial charge in [-0.2, -0.15) is 0 Å². The summed E-state index contributed by atoms with van der Waals surface area (Å²) in [6, 6.07) is 0. The fraction of sp³-hybridized carbons (Fsp3) is 0. The fourth-order valence-electron chi connectivity index (χ4n) is 0. The van der Waals surface area contributed by atoms with Crippen molar-refractivity contribution in [1.82, 2.24) is 0 Å². The summed E-state index contributed by atoms with van der Waals surface area (Å²) in [5.41, 5.74) is 0. The Labute approximate surface area is 149 Å². The molecule has 25 heavy (non-hydrogen) atoms. The van der Waals surface area contributed by atoms with E-state index in [1.807, 2.05) is 0 Å². The van der Waals surface area contributed by atoms with E-state index in [1.54, 1.807) is 0 Å². The van der Waals surface area contributed by atoms with Crippen LogP contribution in [0.5, 0.6) is 0 Å². The molecule has 146 valence electrons. The van der Waals surface area contributed by atoms with Gasteiger partial charge in [-0.05, 0) is 0 Å². The molecule has 0 fully saturated rings. The molecule has 0 aliphatic rings. The third-order valence-electron chi connectivity index (χ3n) is 0. The molecule has 0 saturated carbocycles. The van der Waals surface area contributed by atoms with Gasteiger partial charge in [0.15, 0.2) is 0 Å². The molecule has 0 aromatic rings. The first-order valence-corrected chi connectivity index (χ1v) is 4.15. The van der Waals surface area contributed by atoms with E-state index < -0.39 is 39.3 Å². The summed E-state index contributed by atoms with van der Waals surface area (Å²) in [4.78, 5) is 34.2. The Balaban J connectivity index is -0.0000000309. The quantitative estimate of drug-likeness (QED) is 0.179. The number of hydrogen-bond donors (Lipinski definition) is 14. The van der Waals surface area contributed by atoms with Gasteiger partial charge in [-0.15, -0.1) is 0 Å². The van der Waals surface area contributed by atoms with Crippen molar-refractivity contribution in [1.29, 1.82) is 0 Å². The summed E-state index contributed by atoms with van der Waals surface area (Å²) in [5.74, 6) is 0. The topological polar surface area (TPSA) is 352 Å². The van der Waals surface area contributed by atoms with Crippen molar-refractivity contribution in [3.05, 3.63) is 0 Å². The van der Waals surface area contributed by atoms with E-state index in [4.69, 9.17) is 90.2 Å². The van der Waals surface area contributed by atoms with Crippen LogP contribution in [0.1, 0.15) is 0 Å². The van der Waals surface area contributed by atoms with Crippen LogP contribution in [0.25, 0.3) is 0 Å². The zero-order valence-corrected chi connectivity index (χ0v) is 11.0. The number of hydrogen-bond acceptors (Lipinski definition) is 10. The van der Waals surface area contributed by atoms with Crippen molar-refractivity contribution >= 4 is 58.1 Å². The van der Waals surface area contributed by atoms with Gasteiger partial charge in [0.25, 0.3) is 0 Å². The first-order chi connectivity index (χ1) is 10.4. The summed E-state index contributed by atoms with van der Waals surface area (Å²) in [6.07, 6.45) is -7.33. The van der Waals surface area contributed by atoms with Crippen molar-refractivity contribution in [3.63, 3.8) is 0 Å². The van der Waals surface area contributed by atoms with Crippen molar-refractivity contribution in [2.24, 2.45) is 0 Å². The number of rotatable bonds is 0. The fourth-order valence-corrected chi connectivity index (χ4v) is 0. The molecule has 0 aliphatic carbocycles. The van der Waals surface area contributed by atoms with E-state index in [2.05, 4.69) is 0 Å². The summed E-state index contributed by atoms with van der Waals surface area (Å²) >= 11 is 0. The van der Waals surface area contributed by atoms with Gasteiger partial charge in [-0.1, -0.05) is 0 Å². The van der Waals surface area contributed by atoms with E-state index in [0.717, 1.165) is 0 Å². The molecule has 14 N–H and O–H groups in total. The molecule has 0 heterocycles. The Morgan fingerprint density at radius 3 is 0.400 bits per heavy atom. The second-order valence-corrected chi connectivity index (χ2v) is 1.82. The maximum absolute atomic E-state index is 8.56. The Kier molecular flexibility index (Phi) is 65.2. The van der Waals surface area contributed by atoms with Gasteiger partial charge >= 0.3 is 58.1 Å². The van der Waals surface area contributed by atoms with Gasteiger partial charge in [0.05, 0.1) is 0 Å². The molecular formula is C4H15B2LiO18. The Bertz CT molecular complexity index is 230. The zero-order valence-electron chi connectivity index (χ0n) is 11.0. The van der Waals surface area contributed by atoms with E-state index in [1.165, 1.54) is 0 Å². The minimum absolute atomic E-state index is 0. The molecule has 0 saturated heterocycles. The van der Waals surface area contributed by atoms with Crippen LogP contribution in [-0.4, -0.2) is 129 Å². The SMILES string of the molecule is O=C(O)O.O=C(O)O.O=C(O)O.O=C(O)O.OB(O)O.OB(O)O.[LiH]. The van der Waals surface area contributed by atoms with Gasteiger partial charge in [0.1, 0.15) is 0 Å². The molecule has 0 rings (SSSR count). The second kappa shape index (κ2) is 37.6. The molecule has 0 aromatic carbocycles. The Morgan fingerprint density at radius 2 is 0.400 bits per heavy atom. The van der Waals surface area contributed by atoms with Gasteiger partial charge in [-0.25, -0.2) is 19.2 Å². The van der Waals surface area contributed by atoms with E-state index >= 15 is 0 Å². The molecule has 18 nitrogen and oxygen atoms in total. The molecule has 0 spiro atoms. The average molecular weight is 380 g/mol. The van der Waals surface area contributed by atoms with Crippen molar-refractivity contribution in [3.8, 4) is 0 Å². The molecule has 0 unspecified atom stereocenters. The number of carbonyl (C=O) groups is 4. The molecule has 0 atom stereocenters. The minimum atomic E-state index is -2.17. The van der Waals surface area contributed by atoms with Crippen LogP contribution >= 0.6 is 0 Å². The Hall–Kier alpha value is -2.43. The second-order valence-electron chi connectivity index (χ2n) is 1.82. The van der Waals surface area contributed by atoms with Crippen molar-refractivity contribution in [2.45, 2.75) is 0 Å². The van der Waals surface area contributed by atoms with Crippen LogP contribution in [0, 0.1) is 0 Å². The van der Waals surface area contributed by atoms with Gasteiger partial charge in [0.2, 0.25) is 0 Å². The van der Waals surface area contributed by atoms with Crippen molar-refractivity contribution < 1.29 is 90.2 Å². The van der Waals surface area contributed by atoms with Gasteiger partial charge in [0, 0.05) is 0 Å². The summed E-state index contributed by atoms with van der Waals surface area (Å²) in [7, 11) is -4.33. The van der Waals surface area contributed by atoms with Crippen LogP contribution in [0.4, 0.5) is 19.2 Å². The summed E-state index contributed by atoms with van der Waals surface area (Å²) in [5, 5.41) is 98.8. The van der Waals surface area contributed by atoms with Crippen LogP contribution in [-0.2, 0) is 0 Å². The summed E-state index contributed by atoms with van der Waals surface area (Å²) in [6.45, 7) is 0. The van der Waals surface area contributed by atoms with E-state index in [9.17, 15) is 0 Å². The molecule has 0 aliphatic heterocycles. The first kappa shape index (κ1) is 43.3. The van der Waals surface area contributed by atoms with E-state index in [-0.39, 0.29) is 18.9 Å². The predicted molar refractivity (Wildman–Crippen MR) is 74.6 cm³/mol. The molecule has 0 radical (unpaired) electrons. The molecule has 0 bridgehead atoms. The molecular weight excluding hydrogens is 365 g/mol. The third-order valence-corrected chi connectivity index (χ3v) is 0. The molecule has 21 heteroatoms. The zero-order chi connectivity index (χ0) is 21.5. The standard InChI is InChI=1S/4CH2O3.2BH3O3.Li.H/c6*2-1(3)4;;/h4*(H2,2,3,4);2*2-4H;;. The Morgan fingerprint density at radius 1 is 0.400 bits per heavy atom. The van der Waals surface area contributed by atoms with Gasteiger partial charge < -0.3 is 71.0 Å². The normalized spacial score (nSPS) is 6.00.